The van der Waals surface area contributed by atoms with Gasteiger partial charge in [-0.15, -0.1) is 0 Å². The van der Waals surface area contributed by atoms with E-state index in [1.165, 1.54) is 8.99 Å². The van der Waals surface area contributed by atoms with Crippen LogP contribution in [0.25, 0.3) is 0 Å². The molecule has 2 rings (SSSR count). The van der Waals surface area contributed by atoms with Crippen LogP contribution in [0.3, 0.4) is 0 Å². The van der Waals surface area contributed by atoms with Crippen LogP contribution in [0, 0.1) is 19.8 Å². The molecule has 1 aromatic rings. The van der Waals surface area contributed by atoms with Crippen LogP contribution in [0.15, 0.2) is 4.90 Å². The van der Waals surface area contributed by atoms with Gasteiger partial charge in [0, 0.05) is 20.1 Å². The first kappa shape index (κ1) is 15.0. The topological polar surface area (TPSA) is 92.5 Å². The first-order valence-corrected chi connectivity index (χ1v) is 7.92. The van der Waals surface area contributed by atoms with Crippen LogP contribution in [0.2, 0.25) is 0 Å². The summed E-state index contributed by atoms with van der Waals surface area (Å²) in [5, 5.41) is 13.2. The van der Waals surface area contributed by atoms with Gasteiger partial charge in [0.15, 0.2) is 0 Å². The van der Waals surface area contributed by atoms with E-state index in [2.05, 4.69) is 5.10 Å². The summed E-state index contributed by atoms with van der Waals surface area (Å²) in [5.74, 6) is -1.57. The molecule has 1 aliphatic rings. The number of piperidine rings is 1. The Kier molecular flexibility index (Phi) is 3.88. The van der Waals surface area contributed by atoms with Gasteiger partial charge in [-0.05, 0) is 26.7 Å². The normalized spacial score (nSPS) is 21.1. The van der Waals surface area contributed by atoms with Gasteiger partial charge in [-0.1, -0.05) is 0 Å². The van der Waals surface area contributed by atoms with Crippen LogP contribution in [0.4, 0.5) is 0 Å². The Morgan fingerprint density at radius 3 is 2.55 bits per heavy atom. The van der Waals surface area contributed by atoms with Crippen LogP contribution >= 0.6 is 0 Å². The van der Waals surface area contributed by atoms with Crippen molar-refractivity contribution in [3.8, 4) is 0 Å². The molecule has 0 bridgehead atoms. The van der Waals surface area contributed by atoms with Gasteiger partial charge >= 0.3 is 5.97 Å². The van der Waals surface area contributed by atoms with E-state index < -0.39 is 21.9 Å². The summed E-state index contributed by atoms with van der Waals surface area (Å²) < 4.78 is 28.2. The van der Waals surface area contributed by atoms with Gasteiger partial charge in [0.05, 0.1) is 17.3 Å². The Labute approximate surface area is 118 Å². The standard InChI is InChI=1S/C12H19N3O4S/c1-8-11(9(2)14(3)13-8)20(18,19)15-6-4-5-10(7-15)12(16)17/h10H,4-7H2,1-3H3,(H,16,17)/t10-/m0/s1. The SMILES string of the molecule is Cc1nn(C)c(C)c1S(=O)(=O)N1CCC[C@H](C(=O)O)C1. The summed E-state index contributed by atoms with van der Waals surface area (Å²) in [5.41, 5.74) is 1.02. The van der Waals surface area contributed by atoms with Crippen molar-refractivity contribution in [3.05, 3.63) is 11.4 Å². The van der Waals surface area contributed by atoms with Crippen molar-refractivity contribution in [3.63, 3.8) is 0 Å². The highest BCUT2D eigenvalue weighted by Gasteiger charge is 2.36. The molecule has 8 heteroatoms. The molecule has 1 fully saturated rings. The zero-order valence-electron chi connectivity index (χ0n) is 11.8. The van der Waals surface area contributed by atoms with Gasteiger partial charge in [0.1, 0.15) is 4.90 Å². The van der Waals surface area contributed by atoms with Crippen LogP contribution in [0.5, 0.6) is 0 Å². The molecule has 2 heterocycles. The molecule has 112 valence electrons. The lowest BCUT2D eigenvalue weighted by molar-refractivity contribution is -0.142. The number of sulfonamides is 1. The quantitative estimate of drug-likeness (QED) is 0.878. The average Bonchev–Trinajstić information content (AvgIpc) is 2.63. The second-order valence-corrected chi connectivity index (χ2v) is 7.04. The average molecular weight is 301 g/mol. The van der Waals surface area contributed by atoms with Crippen molar-refractivity contribution in [1.29, 1.82) is 0 Å². The Bertz CT molecular complexity index is 635. The number of nitrogens with zero attached hydrogens (tertiary/aromatic N) is 3. The highest BCUT2D eigenvalue weighted by atomic mass is 32.2. The van der Waals surface area contributed by atoms with Gasteiger partial charge in [0.2, 0.25) is 10.0 Å². The number of aliphatic carboxylic acids is 1. The summed E-state index contributed by atoms with van der Waals surface area (Å²) in [4.78, 5) is 11.3. The van der Waals surface area contributed by atoms with Crippen molar-refractivity contribution in [1.82, 2.24) is 14.1 Å². The molecular weight excluding hydrogens is 282 g/mol. The molecule has 0 amide bonds. The smallest absolute Gasteiger partial charge is 0.307 e. The van der Waals surface area contributed by atoms with Gasteiger partial charge < -0.3 is 5.11 Å². The maximum absolute atomic E-state index is 12.7. The highest BCUT2D eigenvalue weighted by molar-refractivity contribution is 7.89. The Morgan fingerprint density at radius 1 is 1.40 bits per heavy atom. The van der Waals surface area contributed by atoms with Gasteiger partial charge in [-0.2, -0.15) is 9.40 Å². The van der Waals surface area contributed by atoms with Crippen LogP contribution in [0.1, 0.15) is 24.2 Å². The van der Waals surface area contributed by atoms with E-state index in [9.17, 15) is 13.2 Å². The van der Waals surface area contributed by atoms with Gasteiger partial charge in [-0.25, -0.2) is 8.42 Å². The van der Waals surface area contributed by atoms with Gasteiger partial charge in [0.25, 0.3) is 0 Å². The maximum atomic E-state index is 12.7. The minimum Gasteiger partial charge on any atom is -0.481 e. The molecule has 0 aromatic carbocycles. The van der Waals surface area contributed by atoms with E-state index in [1.807, 2.05) is 0 Å². The maximum Gasteiger partial charge on any atom is 0.307 e. The van der Waals surface area contributed by atoms with Crippen molar-refractivity contribution >= 4 is 16.0 Å². The van der Waals surface area contributed by atoms with Crippen molar-refractivity contribution < 1.29 is 18.3 Å². The number of carbonyl (C=O) groups is 1. The molecule has 1 atom stereocenters. The van der Waals surface area contributed by atoms with E-state index in [0.29, 0.717) is 30.8 Å². The Morgan fingerprint density at radius 2 is 2.05 bits per heavy atom. The number of carboxylic acid groups (broad SMARTS) is 1. The second-order valence-electron chi connectivity index (χ2n) is 5.16. The molecule has 0 saturated carbocycles. The number of aromatic nitrogens is 2. The summed E-state index contributed by atoms with van der Waals surface area (Å²) in [6, 6.07) is 0. The van der Waals surface area contributed by atoms with E-state index in [4.69, 9.17) is 5.11 Å². The van der Waals surface area contributed by atoms with Crippen LogP contribution in [-0.2, 0) is 21.9 Å². The molecule has 1 saturated heterocycles. The second kappa shape index (κ2) is 5.17. The largest absolute Gasteiger partial charge is 0.481 e. The number of carboxylic acids is 1. The Hall–Kier alpha value is -1.41. The fourth-order valence-electron chi connectivity index (χ4n) is 2.62. The summed E-state index contributed by atoms with van der Waals surface area (Å²) in [6.45, 7) is 3.75. The van der Waals surface area contributed by atoms with Gasteiger partial charge in [-0.3, -0.25) is 9.48 Å². The predicted molar refractivity (Wildman–Crippen MR) is 71.8 cm³/mol. The van der Waals surface area contributed by atoms with Crippen molar-refractivity contribution in [2.24, 2.45) is 13.0 Å². The lowest BCUT2D eigenvalue weighted by Gasteiger charge is -2.29. The molecule has 1 aromatic heterocycles. The highest BCUT2D eigenvalue weighted by Crippen LogP contribution is 2.27. The number of hydrogen-bond donors (Lipinski definition) is 1. The molecule has 0 unspecified atom stereocenters. The lowest BCUT2D eigenvalue weighted by Crippen LogP contribution is -2.42. The molecule has 1 aliphatic heterocycles. The molecule has 0 radical (unpaired) electrons. The van der Waals surface area contributed by atoms with Crippen LogP contribution < -0.4 is 0 Å². The molecule has 0 spiro atoms. The third-order valence-corrected chi connectivity index (χ3v) is 5.89. The van der Waals surface area contributed by atoms with Crippen molar-refractivity contribution in [2.75, 3.05) is 13.1 Å². The third-order valence-electron chi connectivity index (χ3n) is 3.77. The molecule has 7 nitrogen and oxygen atoms in total. The predicted octanol–water partition coefficient (Wildman–Crippen LogP) is 0.522. The fraction of sp³-hybridized carbons (Fsp3) is 0.667. The number of aryl methyl sites for hydroxylation is 2. The Balaban J connectivity index is 2.37. The lowest BCUT2D eigenvalue weighted by atomic mass is 10.0. The molecule has 20 heavy (non-hydrogen) atoms. The summed E-state index contributed by atoms with van der Waals surface area (Å²) >= 11 is 0. The third kappa shape index (κ3) is 2.45. The summed E-state index contributed by atoms with van der Waals surface area (Å²) in [7, 11) is -1.99. The number of rotatable bonds is 3. The zero-order valence-corrected chi connectivity index (χ0v) is 12.6. The minimum atomic E-state index is -3.68. The minimum absolute atomic E-state index is 0.0332. The van der Waals surface area contributed by atoms with Crippen molar-refractivity contribution in [2.45, 2.75) is 31.6 Å². The van der Waals surface area contributed by atoms with Crippen LogP contribution in [-0.4, -0.2) is 46.7 Å². The van der Waals surface area contributed by atoms with E-state index in [0.717, 1.165) is 0 Å². The molecule has 0 aliphatic carbocycles. The van der Waals surface area contributed by atoms with E-state index in [-0.39, 0.29) is 11.4 Å². The zero-order chi connectivity index (χ0) is 15.1. The molecular formula is C12H19N3O4S. The monoisotopic (exact) mass is 301 g/mol. The number of hydrogen-bond acceptors (Lipinski definition) is 4. The van der Waals surface area contributed by atoms with E-state index in [1.54, 1.807) is 20.9 Å². The first-order valence-electron chi connectivity index (χ1n) is 6.48. The van der Waals surface area contributed by atoms with E-state index >= 15 is 0 Å². The molecule has 1 N–H and O–H groups in total. The summed E-state index contributed by atoms with van der Waals surface area (Å²) in [6.07, 6.45) is 1.08. The first-order chi connectivity index (χ1) is 9.25. The fourth-order valence-corrected chi connectivity index (χ4v) is 4.54.